The number of carbonyl (C=O) groups is 1. The third-order valence-electron chi connectivity index (χ3n) is 4.63. The van der Waals surface area contributed by atoms with Crippen molar-refractivity contribution in [2.45, 2.75) is 38.4 Å². The molecule has 1 unspecified atom stereocenters. The third-order valence-corrected chi connectivity index (χ3v) is 4.63. The largest absolute Gasteiger partial charge is 0.322 e. The predicted octanol–water partition coefficient (Wildman–Crippen LogP) is 3.11. The van der Waals surface area contributed by atoms with Crippen molar-refractivity contribution in [3.8, 4) is 0 Å². The first-order chi connectivity index (χ1) is 13.2. The third kappa shape index (κ3) is 4.20. The first-order valence-corrected chi connectivity index (χ1v) is 9.17. The second-order valence-electron chi connectivity index (χ2n) is 6.84. The van der Waals surface area contributed by atoms with Crippen molar-refractivity contribution in [2.24, 2.45) is 0 Å². The molecule has 2 aromatic carbocycles. The number of amides is 1. The van der Waals surface area contributed by atoms with E-state index in [1.165, 1.54) is 0 Å². The molecule has 7 heteroatoms. The zero-order chi connectivity index (χ0) is 18.6. The molecule has 1 amide bonds. The summed E-state index contributed by atoms with van der Waals surface area (Å²) in [6.45, 7) is 2.68. The number of aromatic nitrogens is 4. The fraction of sp³-hybridized carbons (Fsp3) is 0.300. The molecule has 1 fully saturated rings. The molecular weight excluding hydrogens is 340 g/mol. The number of anilines is 1. The minimum Gasteiger partial charge on any atom is -0.322 e. The molecule has 0 spiro atoms. The van der Waals surface area contributed by atoms with E-state index in [4.69, 9.17) is 0 Å². The fourth-order valence-corrected chi connectivity index (χ4v) is 2.97. The van der Waals surface area contributed by atoms with E-state index in [9.17, 15) is 4.79 Å². The van der Waals surface area contributed by atoms with Crippen molar-refractivity contribution >= 4 is 11.6 Å². The van der Waals surface area contributed by atoms with Crippen molar-refractivity contribution in [1.29, 1.82) is 0 Å². The summed E-state index contributed by atoms with van der Waals surface area (Å²) < 4.78 is 1.92. The van der Waals surface area contributed by atoms with Gasteiger partial charge in [0, 0.05) is 17.8 Å². The average Bonchev–Trinajstić information content (AvgIpc) is 3.43. The van der Waals surface area contributed by atoms with Crippen LogP contribution in [0.25, 0.3) is 0 Å². The molecule has 1 atom stereocenters. The molecule has 0 bridgehead atoms. The number of tetrazole rings is 1. The van der Waals surface area contributed by atoms with Crippen LogP contribution < -0.4 is 10.6 Å². The van der Waals surface area contributed by atoms with Gasteiger partial charge < -0.3 is 10.6 Å². The van der Waals surface area contributed by atoms with Gasteiger partial charge in [-0.2, -0.15) is 0 Å². The van der Waals surface area contributed by atoms with Gasteiger partial charge in [0.2, 0.25) is 0 Å². The van der Waals surface area contributed by atoms with E-state index in [1.807, 2.05) is 59.3 Å². The maximum absolute atomic E-state index is 12.5. The van der Waals surface area contributed by atoms with Crippen LogP contribution in [0.2, 0.25) is 0 Å². The minimum absolute atomic E-state index is 0.0300. The lowest BCUT2D eigenvalue weighted by molar-refractivity contribution is 0.102. The van der Waals surface area contributed by atoms with Gasteiger partial charge in [0.1, 0.15) is 0 Å². The van der Waals surface area contributed by atoms with Crippen LogP contribution in [0.1, 0.15) is 53.6 Å². The fourth-order valence-electron chi connectivity index (χ4n) is 2.97. The van der Waals surface area contributed by atoms with Gasteiger partial charge in [0.15, 0.2) is 5.82 Å². The molecule has 0 radical (unpaired) electrons. The van der Waals surface area contributed by atoms with E-state index >= 15 is 0 Å². The second kappa shape index (κ2) is 7.67. The number of nitrogens with one attached hydrogen (secondary N) is 2. The summed E-state index contributed by atoms with van der Waals surface area (Å²) in [5, 5.41) is 18.4. The summed E-state index contributed by atoms with van der Waals surface area (Å²) in [6.07, 6.45) is 2.28. The number of hydrogen-bond donors (Lipinski definition) is 2. The van der Waals surface area contributed by atoms with Crippen LogP contribution in [-0.4, -0.2) is 26.1 Å². The number of nitrogens with zero attached hydrogens (tertiary/aromatic N) is 4. The van der Waals surface area contributed by atoms with Crippen molar-refractivity contribution in [3.63, 3.8) is 0 Å². The van der Waals surface area contributed by atoms with Crippen molar-refractivity contribution in [3.05, 3.63) is 71.5 Å². The van der Waals surface area contributed by atoms with Gasteiger partial charge in [-0.05, 0) is 60.0 Å². The summed E-state index contributed by atoms with van der Waals surface area (Å²) >= 11 is 0. The summed E-state index contributed by atoms with van der Waals surface area (Å²) in [7, 11) is 0. The molecule has 138 valence electrons. The zero-order valence-corrected chi connectivity index (χ0v) is 15.2. The molecule has 1 saturated carbocycles. The molecular formula is C20H22N6O. The van der Waals surface area contributed by atoms with E-state index < -0.39 is 0 Å². The lowest BCUT2D eigenvalue weighted by Gasteiger charge is -2.14. The van der Waals surface area contributed by atoms with Crippen molar-refractivity contribution < 1.29 is 4.79 Å². The Morgan fingerprint density at radius 2 is 2.00 bits per heavy atom. The minimum atomic E-state index is -0.117. The van der Waals surface area contributed by atoms with E-state index in [2.05, 4.69) is 33.1 Å². The Morgan fingerprint density at radius 1 is 1.19 bits per heavy atom. The summed E-state index contributed by atoms with van der Waals surface area (Å²) in [5.41, 5.74) is 2.45. The number of rotatable bonds is 7. The molecule has 1 aliphatic rings. The molecule has 1 aliphatic carbocycles. The van der Waals surface area contributed by atoms with Crippen LogP contribution in [0.4, 0.5) is 5.69 Å². The number of hydrogen-bond acceptors (Lipinski definition) is 5. The topological polar surface area (TPSA) is 84.7 Å². The van der Waals surface area contributed by atoms with Crippen LogP contribution in [0.5, 0.6) is 0 Å². The number of carbonyl (C=O) groups excluding carboxylic acids is 1. The van der Waals surface area contributed by atoms with Gasteiger partial charge in [-0.1, -0.05) is 30.3 Å². The Bertz CT molecular complexity index is 919. The Morgan fingerprint density at radius 3 is 2.78 bits per heavy atom. The average molecular weight is 362 g/mol. The molecule has 27 heavy (non-hydrogen) atoms. The highest BCUT2D eigenvalue weighted by molar-refractivity contribution is 6.04. The van der Waals surface area contributed by atoms with E-state index in [1.54, 1.807) is 0 Å². The van der Waals surface area contributed by atoms with E-state index in [0.717, 1.165) is 29.9 Å². The second-order valence-corrected chi connectivity index (χ2v) is 6.84. The summed E-state index contributed by atoms with van der Waals surface area (Å²) in [5.74, 6) is 0.740. The maximum Gasteiger partial charge on any atom is 0.255 e. The Labute approximate surface area is 157 Å². The van der Waals surface area contributed by atoms with E-state index in [-0.39, 0.29) is 11.9 Å². The van der Waals surface area contributed by atoms with Crippen LogP contribution in [0, 0.1) is 0 Å². The molecule has 1 heterocycles. The molecule has 0 aliphatic heterocycles. The van der Waals surface area contributed by atoms with Gasteiger partial charge in [-0.25, -0.2) is 4.68 Å². The highest BCUT2D eigenvalue weighted by Gasteiger charge is 2.29. The Balaban J connectivity index is 1.39. The van der Waals surface area contributed by atoms with Gasteiger partial charge in [-0.15, -0.1) is 5.10 Å². The molecule has 2 N–H and O–H groups in total. The van der Waals surface area contributed by atoms with Gasteiger partial charge >= 0.3 is 0 Å². The van der Waals surface area contributed by atoms with Gasteiger partial charge in [-0.3, -0.25) is 4.79 Å². The van der Waals surface area contributed by atoms with Crippen LogP contribution in [0.3, 0.4) is 0 Å². The lowest BCUT2D eigenvalue weighted by atomic mass is 10.1. The Hall–Kier alpha value is -3.06. The molecule has 0 saturated heterocycles. The van der Waals surface area contributed by atoms with Gasteiger partial charge in [0.05, 0.1) is 12.1 Å². The normalized spacial score (nSPS) is 14.7. The highest BCUT2D eigenvalue weighted by atomic mass is 16.1. The first kappa shape index (κ1) is 17.4. The van der Waals surface area contributed by atoms with Crippen molar-refractivity contribution in [1.82, 2.24) is 25.5 Å². The molecule has 7 nitrogen and oxygen atoms in total. The predicted molar refractivity (Wildman–Crippen MR) is 102 cm³/mol. The standard InChI is InChI=1S/C20H22N6O/c1-14(19-23-24-25-26(19)18-10-11-18)21-13-15-6-5-7-16(12-15)20(27)22-17-8-3-2-4-9-17/h2-9,12,14,18,21H,10-11,13H2,1H3,(H,22,27). The smallest absolute Gasteiger partial charge is 0.255 e. The monoisotopic (exact) mass is 362 g/mol. The zero-order valence-electron chi connectivity index (χ0n) is 15.2. The summed E-state index contributed by atoms with van der Waals surface area (Å²) in [6, 6.07) is 17.6. The first-order valence-electron chi connectivity index (χ1n) is 9.17. The van der Waals surface area contributed by atoms with E-state index in [0.29, 0.717) is 18.2 Å². The quantitative estimate of drug-likeness (QED) is 0.675. The lowest BCUT2D eigenvalue weighted by Crippen LogP contribution is -2.22. The maximum atomic E-state index is 12.5. The van der Waals surface area contributed by atoms with Crippen molar-refractivity contribution in [2.75, 3.05) is 5.32 Å². The SMILES string of the molecule is CC(NCc1cccc(C(=O)Nc2ccccc2)c1)c1nnnn1C1CC1. The highest BCUT2D eigenvalue weighted by Crippen LogP contribution is 2.35. The van der Waals surface area contributed by atoms with Gasteiger partial charge in [0.25, 0.3) is 5.91 Å². The van der Waals surface area contributed by atoms with Crippen LogP contribution >= 0.6 is 0 Å². The molecule has 3 aromatic rings. The summed E-state index contributed by atoms with van der Waals surface area (Å²) in [4.78, 5) is 12.5. The number of para-hydroxylation sites is 1. The number of benzene rings is 2. The molecule has 4 rings (SSSR count). The van der Waals surface area contributed by atoms with Crippen LogP contribution in [-0.2, 0) is 6.54 Å². The van der Waals surface area contributed by atoms with Crippen LogP contribution in [0.15, 0.2) is 54.6 Å². The Kier molecular flexibility index (Phi) is 4.93. The molecule has 1 aromatic heterocycles.